The Kier molecular flexibility index (Phi) is 5.98. The average molecular weight is 427 g/mol. The van der Waals surface area contributed by atoms with Gasteiger partial charge in [-0.3, -0.25) is 4.79 Å². The van der Waals surface area contributed by atoms with Crippen LogP contribution in [0.5, 0.6) is 0 Å². The van der Waals surface area contributed by atoms with Gasteiger partial charge in [0.05, 0.1) is 10.9 Å². The summed E-state index contributed by atoms with van der Waals surface area (Å²) >= 11 is 0. The number of nitrogens with zero attached hydrogens (tertiary/aromatic N) is 1. The van der Waals surface area contributed by atoms with Crippen LogP contribution in [-0.4, -0.2) is 31.7 Å². The zero-order valence-electron chi connectivity index (χ0n) is 17.7. The molecule has 2 aliphatic rings. The zero-order valence-corrected chi connectivity index (χ0v) is 18.5. The molecule has 1 aliphatic heterocycles. The van der Waals surface area contributed by atoms with Crippen LogP contribution in [0.2, 0.25) is 0 Å². The van der Waals surface area contributed by atoms with E-state index in [-0.39, 0.29) is 16.8 Å². The number of sulfonamides is 1. The number of hydrogen-bond acceptors (Lipinski definition) is 3. The molecule has 1 fully saturated rings. The minimum Gasteiger partial charge on any atom is -0.345 e. The molecule has 6 heteroatoms. The van der Waals surface area contributed by atoms with Gasteiger partial charge in [0.15, 0.2) is 0 Å². The van der Waals surface area contributed by atoms with Gasteiger partial charge >= 0.3 is 0 Å². The summed E-state index contributed by atoms with van der Waals surface area (Å²) in [6, 6.07) is 13.1. The number of benzene rings is 2. The van der Waals surface area contributed by atoms with E-state index in [0.29, 0.717) is 24.6 Å². The summed E-state index contributed by atoms with van der Waals surface area (Å²) in [5.41, 5.74) is 3.66. The number of amides is 1. The lowest BCUT2D eigenvalue weighted by Gasteiger charge is -2.29. The summed E-state index contributed by atoms with van der Waals surface area (Å²) in [4.78, 5) is 13.3. The molecule has 1 saturated heterocycles. The van der Waals surface area contributed by atoms with Crippen molar-refractivity contribution in [2.45, 2.75) is 56.9 Å². The lowest BCUT2D eigenvalue weighted by atomic mass is 9.87. The maximum Gasteiger partial charge on any atom is 0.252 e. The highest BCUT2D eigenvalue weighted by Gasteiger charge is 2.29. The van der Waals surface area contributed by atoms with E-state index in [0.717, 1.165) is 37.7 Å². The third-order valence-corrected chi connectivity index (χ3v) is 8.40. The third-order valence-electron chi connectivity index (χ3n) is 6.51. The Hall–Kier alpha value is -2.18. The van der Waals surface area contributed by atoms with Crippen molar-refractivity contribution in [1.82, 2.24) is 9.62 Å². The number of fused-ring (bicyclic) bond motifs is 1. The monoisotopic (exact) mass is 426 g/mol. The molecule has 160 valence electrons. The summed E-state index contributed by atoms with van der Waals surface area (Å²) < 4.78 is 27.8. The van der Waals surface area contributed by atoms with E-state index in [4.69, 9.17) is 0 Å². The van der Waals surface area contributed by atoms with Crippen molar-refractivity contribution in [2.24, 2.45) is 5.92 Å². The SMILES string of the molecule is Cc1ccc(S(=O)(=O)N2CCC(C)CC2)cc1C(=O)N[C@@H]1CCCc2ccccc21. The van der Waals surface area contributed by atoms with Crippen LogP contribution in [0.25, 0.3) is 0 Å². The highest BCUT2D eigenvalue weighted by atomic mass is 32.2. The third kappa shape index (κ3) is 4.16. The molecule has 0 bridgehead atoms. The van der Waals surface area contributed by atoms with E-state index >= 15 is 0 Å². The van der Waals surface area contributed by atoms with Crippen LogP contribution >= 0.6 is 0 Å². The summed E-state index contributed by atoms with van der Waals surface area (Å²) in [7, 11) is -3.59. The summed E-state index contributed by atoms with van der Waals surface area (Å²) in [6.45, 7) is 5.08. The fraction of sp³-hybridized carbons (Fsp3) is 0.458. The van der Waals surface area contributed by atoms with E-state index in [1.54, 1.807) is 22.5 Å². The number of rotatable bonds is 4. The van der Waals surface area contributed by atoms with Gasteiger partial charge in [-0.1, -0.05) is 37.3 Å². The molecule has 0 spiro atoms. The van der Waals surface area contributed by atoms with Crippen molar-refractivity contribution in [2.75, 3.05) is 13.1 Å². The highest BCUT2D eigenvalue weighted by Crippen LogP contribution is 2.30. The summed E-state index contributed by atoms with van der Waals surface area (Å²) in [5, 5.41) is 3.15. The molecule has 0 saturated carbocycles. The van der Waals surface area contributed by atoms with Crippen molar-refractivity contribution in [3.8, 4) is 0 Å². The number of carbonyl (C=O) groups is 1. The molecular weight excluding hydrogens is 396 g/mol. The van der Waals surface area contributed by atoms with Gasteiger partial charge in [-0.15, -0.1) is 0 Å². The van der Waals surface area contributed by atoms with Crippen LogP contribution in [0.4, 0.5) is 0 Å². The first kappa shape index (κ1) is 21.1. The van der Waals surface area contributed by atoms with E-state index in [2.05, 4.69) is 24.4 Å². The minimum atomic E-state index is -3.59. The fourth-order valence-electron chi connectivity index (χ4n) is 4.52. The second-order valence-corrected chi connectivity index (χ2v) is 10.6. The summed E-state index contributed by atoms with van der Waals surface area (Å²) in [5.74, 6) is 0.340. The number of carbonyl (C=O) groups excluding carboxylic acids is 1. The first-order chi connectivity index (χ1) is 14.4. The van der Waals surface area contributed by atoms with Gasteiger partial charge in [-0.25, -0.2) is 8.42 Å². The van der Waals surface area contributed by atoms with Crippen molar-refractivity contribution in [3.63, 3.8) is 0 Å². The molecule has 1 N–H and O–H groups in total. The lowest BCUT2D eigenvalue weighted by molar-refractivity contribution is 0.0932. The molecule has 1 amide bonds. The molecule has 5 nitrogen and oxygen atoms in total. The molecule has 4 rings (SSSR count). The number of piperidine rings is 1. The van der Waals surface area contributed by atoms with Crippen LogP contribution < -0.4 is 5.32 Å². The lowest BCUT2D eigenvalue weighted by Crippen LogP contribution is -2.38. The van der Waals surface area contributed by atoms with Crippen molar-refractivity contribution >= 4 is 15.9 Å². The molecule has 30 heavy (non-hydrogen) atoms. The zero-order chi connectivity index (χ0) is 21.3. The second-order valence-electron chi connectivity index (χ2n) is 8.68. The van der Waals surface area contributed by atoms with Crippen molar-refractivity contribution in [3.05, 3.63) is 64.7 Å². The van der Waals surface area contributed by atoms with Crippen LogP contribution in [0.1, 0.15) is 65.7 Å². The van der Waals surface area contributed by atoms with E-state index in [1.807, 2.05) is 19.1 Å². The van der Waals surface area contributed by atoms with Crippen molar-refractivity contribution in [1.29, 1.82) is 0 Å². The number of hydrogen-bond donors (Lipinski definition) is 1. The van der Waals surface area contributed by atoms with Gasteiger partial charge in [-0.05, 0) is 73.8 Å². The quantitative estimate of drug-likeness (QED) is 0.796. The molecule has 0 aromatic heterocycles. The Labute approximate surface area is 179 Å². The van der Waals surface area contributed by atoms with Gasteiger partial charge in [-0.2, -0.15) is 4.31 Å². The highest BCUT2D eigenvalue weighted by molar-refractivity contribution is 7.89. The fourth-order valence-corrected chi connectivity index (χ4v) is 6.02. The van der Waals surface area contributed by atoms with Crippen LogP contribution in [0, 0.1) is 12.8 Å². The summed E-state index contributed by atoms with van der Waals surface area (Å²) in [6.07, 6.45) is 4.71. The van der Waals surface area contributed by atoms with E-state index < -0.39 is 10.0 Å². The average Bonchev–Trinajstić information content (AvgIpc) is 2.74. The molecule has 1 aliphatic carbocycles. The topological polar surface area (TPSA) is 66.5 Å². The van der Waals surface area contributed by atoms with Gasteiger partial charge in [0.25, 0.3) is 5.91 Å². The molecular formula is C24H30N2O3S. The largest absolute Gasteiger partial charge is 0.345 e. The van der Waals surface area contributed by atoms with E-state index in [9.17, 15) is 13.2 Å². The first-order valence-electron chi connectivity index (χ1n) is 10.9. The minimum absolute atomic E-state index is 0.0364. The molecule has 1 atom stereocenters. The Balaban J connectivity index is 1.57. The first-order valence-corrected chi connectivity index (χ1v) is 12.3. The van der Waals surface area contributed by atoms with Gasteiger partial charge in [0.1, 0.15) is 0 Å². The Morgan fingerprint density at radius 1 is 1.07 bits per heavy atom. The second kappa shape index (κ2) is 8.52. The molecule has 0 radical (unpaired) electrons. The number of nitrogens with one attached hydrogen (secondary N) is 1. The van der Waals surface area contributed by atoms with Crippen LogP contribution in [0.15, 0.2) is 47.4 Å². The molecule has 0 unspecified atom stereocenters. The molecule has 2 aromatic carbocycles. The van der Waals surface area contributed by atoms with Gasteiger partial charge in [0.2, 0.25) is 10.0 Å². The smallest absolute Gasteiger partial charge is 0.252 e. The van der Waals surface area contributed by atoms with E-state index in [1.165, 1.54) is 11.1 Å². The predicted molar refractivity (Wildman–Crippen MR) is 118 cm³/mol. The Morgan fingerprint density at radius 3 is 2.57 bits per heavy atom. The Bertz CT molecular complexity index is 1040. The van der Waals surface area contributed by atoms with Crippen LogP contribution in [-0.2, 0) is 16.4 Å². The maximum atomic E-state index is 13.1. The van der Waals surface area contributed by atoms with Gasteiger partial charge in [0, 0.05) is 18.7 Å². The van der Waals surface area contributed by atoms with Crippen LogP contribution in [0.3, 0.4) is 0 Å². The maximum absolute atomic E-state index is 13.1. The standard InChI is InChI=1S/C24H30N2O3S/c1-17-12-14-26(15-13-17)30(28,29)20-11-10-18(2)22(16-20)24(27)25-23-9-5-7-19-6-3-4-8-21(19)23/h3-4,6,8,10-11,16-17,23H,5,7,9,12-15H2,1-2H3,(H,25,27)/t23-/m1/s1. The van der Waals surface area contributed by atoms with Gasteiger partial charge < -0.3 is 5.32 Å². The van der Waals surface area contributed by atoms with Crippen molar-refractivity contribution < 1.29 is 13.2 Å². The predicted octanol–water partition coefficient (Wildman–Crippen LogP) is 4.22. The number of aryl methyl sites for hydroxylation is 2. The normalized spacial score (nSPS) is 20.5. The Morgan fingerprint density at radius 2 is 1.80 bits per heavy atom. The molecule has 1 heterocycles. The molecule has 2 aromatic rings.